The molecule has 2 N–H and O–H groups in total. The molecule has 0 spiro atoms. The molecule has 0 saturated heterocycles. The molecule has 1 saturated carbocycles. The second-order valence-electron chi connectivity index (χ2n) is 9.34. The van der Waals surface area contributed by atoms with E-state index >= 15 is 0 Å². The molecule has 1 aliphatic carbocycles. The van der Waals surface area contributed by atoms with Crippen LogP contribution in [0.4, 0.5) is 17.3 Å². The maximum Gasteiger partial charge on any atom is 0.303 e. The van der Waals surface area contributed by atoms with Crippen LogP contribution in [-0.2, 0) is 9.53 Å². The van der Waals surface area contributed by atoms with E-state index in [2.05, 4.69) is 29.0 Å². The van der Waals surface area contributed by atoms with Crippen molar-refractivity contribution in [3.63, 3.8) is 0 Å². The Hall–Kier alpha value is -2.38. The average Bonchev–Trinajstić information content (AvgIpc) is 2.78. The maximum absolute atomic E-state index is 11.3. The lowest BCUT2D eigenvalue weighted by molar-refractivity contribution is -0.137. The van der Waals surface area contributed by atoms with Gasteiger partial charge in [0.25, 0.3) is 0 Å². The highest BCUT2D eigenvalue weighted by atomic mass is 35.5. The number of ether oxygens (including phenoxy) is 1. The van der Waals surface area contributed by atoms with Gasteiger partial charge in [0.05, 0.1) is 23.2 Å². The molecule has 2 aromatic heterocycles. The van der Waals surface area contributed by atoms with Crippen molar-refractivity contribution in [2.75, 3.05) is 23.9 Å². The van der Waals surface area contributed by atoms with E-state index in [0.29, 0.717) is 28.9 Å². The molecule has 180 valence electrons. The van der Waals surface area contributed by atoms with Crippen LogP contribution in [0.3, 0.4) is 0 Å². The number of rotatable bonds is 10. The highest BCUT2D eigenvalue weighted by Crippen LogP contribution is 2.35. The van der Waals surface area contributed by atoms with Crippen molar-refractivity contribution in [2.24, 2.45) is 5.92 Å². The van der Waals surface area contributed by atoms with Gasteiger partial charge in [0, 0.05) is 32.1 Å². The molecule has 7 nitrogen and oxygen atoms in total. The Morgan fingerprint density at radius 1 is 1.21 bits per heavy atom. The van der Waals surface area contributed by atoms with Crippen LogP contribution in [-0.4, -0.2) is 46.8 Å². The van der Waals surface area contributed by atoms with Gasteiger partial charge >= 0.3 is 5.97 Å². The monoisotopic (exact) mass is 474 g/mol. The number of carboxylic acids is 1. The van der Waals surface area contributed by atoms with E-state index in [-0.39, 0.29) is 12.3 Å². The summed E-state index contributed by atoms with van der Waals surface area (Å²) in [6.07, 6.45) is 7.95. The predicted octanol–water partition coefficient (Wildman–Crippen LogP) is 5.87. The van der Waals surface area contributed by atoms with Gasteiger partial charge in [0.1, 0.15) is 5.82 Å². The van der Waals surface area contributed by atoms with Crippen LogP contribution in [0.5, 0.6) is 0 Å². The SMILES string of the molecule is CO[C@H]1CC[C@@H](N(CC(C)C)c2ncc([C@H](C)CC(=O)O)cc2Nc2ccc(Cl)cn2)CC1. The number of anilines is 3. The van der Waals surface area contributed by atoms with E-state index in [9.17, 15) is 9.90 Å². The van der Waals surface area contributed by atoms with Crippen LogP contribution >= 0.6 is 11.6 Å². The number of aliphatic carboxylic acids is 1. The van der Waals surface area contributed by atoms with Gasteiger partial charge in [0.2, 0.25) is 0 Å². The fourth-order valence-electron chi connectivity index (χ4n) is 4.43. The first-order valence-electron chi connectivity index (χ1n) is 11.7. The number of pyridine rings is 2. The normalized spacial score (nSPS) is 19.3. The molecule has 8 heteroatoms. The van der Waals surface area contributed by atoms with Gasteiger partial charge in [-0.2, -0.15) is 0 Å². The lowest BCUT2D eigenvalue weighted by Crippen LogP contribution is -2.42. The van der Waals surface area contributed by atoms with Crippen LogP contribution in [0.25, 0.3) is 0 Å². The fourth-order valence-corrected chi connectivity index (χ4v) is 4.54. The first-order chi connectivity index (χ1) is 15.8. The third-order valence-electron chi connectivity index (χ3n) is 6.18. The molecule has 0 aliphatic heterocycles. The number of carboxylic acid groups (broad SMARTS) is 1. The summed E-state index contributed by atoms with van der Waals surface area (Å²) in [5.41, 5.74) is 1.71. The first kappa shape index (κ1) is 25.2. The highest BCUT2D eigenvalue weighted by molar-refractivity contribution is 6.30. The molecular weight excluding hydrogens is 440 g/mol. The third-order valence-corrected chi connectivity index (χ3v) is 6.40. The summed E-state index contributed by atoms with van der Waals surface area (Å²) >= 11 is 6.02. The van der Waals surface area contributed by atoms with Crippen LogP contribution in [0.1, 0.15) is 64.4 Å². The number of nitrogens with zero attached hydrogens (tertiary/aromatic N) is 3. The Morgan fingerprint density at radius 3 is 2.52 bits per heavy atom. The molecule has 1 aliphatic rings. The number of hydrogen-bond donors (Lipinski definition) is 2. The number of halogens is 1. The average molecular weight is 475 g/mol. The summed E-state index contributed by atoms with van der Waals surface area (Å²) in [7, 11) is 1.79. The largest absolute Gasteiger partial charge is 0.481 e. The van der Waals surface area contributed by atoms with Crippen molar-refractivity contribution in [3.05, 3.63) is 41.2 Å². The van der Waals surface area contributed by atoms with Gasteiger partial charge in [-0.1, -0.05) is 32.4 Å². The summed E-state index contributed by atoms with van der Waals surface area (Å²) in [5, 5.41) is 13.2. The quantitative estimate of drug-likeness (QED) is 0.445. The van der Waals surface area contributed by atoms with E-state index in [0.717, 1.165) is 49.3 Å². The number of hydrogen-bond acceptors (Lipinski definition) is 6. The van der Waals surface area contributed by atoms with Crippen molar-refractivity contribution in [1.29, 1.82) is 0 Å². The first-order valence-corrected chi connectivity index (χ1v) is 12.0. The lowest BCUT2D eigenvalue weighted by atomic mass is 9.91. The maximum atomic E-state index is 11.3. The van der Waals surface area contributed by atoms with Crippen LogP contribution in [0.2, 0.25) is 5.02 Å². The zero-order valence-corrected chi connectivity index (χ0v) is 20.7. The number of methoxy groups -OCH3 is 1. The summed E-state index contributed by atoms with van der Waals surface area (Å²) in [4.78, 5) is 22.9. The van der Waals surface area contributed by atoms with Crippen molar-refractivity contribution < 1.29 is 14.6 Å². The van der Waals surface area contributed by atoms with E-state index in [1.165, 1.54) is 0 Å². The molecule has 0 aromatic carbocycles. The standard InChI is InChI=1S/C25H35ClN4O3/c1-16(2)15-30(20-6-8-21(33-4)9-7-20)25-22(29-23-10-5-19(26)14-27-23)12-18(13-28-25)17(3)11-24(31)32/h5,10,12-14,16-17,20-21H,6-9,11,15H2,1-4H3,(H,27,29)(H,31,32)/t17-,20-,21+/m1/s1. The molecule has 33 heavy (non-hydrogen) atoms. The topological polar surface area (TPSA) is 87.6 Å². The minimum atomic E-state index is -0.822. The van der Waals surface area contributed by atoms with Crippen LogP contribution < -0.4 is 10.2 Å². The van der Waals surface area contributed by atoms with Gasteiger partial charge in [-0.3, -0.25) is 4.79 Å². The number of nitrogens with one attached hydrogen (secondary N) is 1. The Labute approximate surface area is 201 Å². The van der Waals surface area contributed by atoms with Crippen LogP contribution in [0.15, 0.2) is 30.6 Å². The molecule has 0 amide bonds. The van der Waals surface area contributed by atoms with Crippen molar-refractivity contribution >= 4 is 34.9 Å². The zero-order chi connectivity index (χ0) is 24.0. The predicted molar refractivity (Wildman–Crippen MR) is 133 cm³/mol. The Morgan fingerprint density at radius 2 is 1.94 bits per heavy atom. The second-order valence-corrected chi connectivity index (χ2v) is 9.77. The number of aromatic nitrogens is 2. The highest BCUT2D eigenvalue weighted by Gasteiger charge is 2.29. The lowest BCUT2D eigenvalue weighted by Gasteiger charge is -2.39. The molecule has 1 atom stereocenters. The minimum absolute atomic E-state index is 0.0520. The van der Waals surface area contributed by atoms with E-state index in [4.69, 9.17) is 21.3 Å². The Balaban J connectivity index is 1.98. The zero-order valence-electron chi connectivity index (χ0n) is 19.9. The summed E-state index contributed by atoms with van der Waals surface area (Å²) in [6, 6.07) is 6.00. The molecular formula is C25H35ClN4O3. The number of carbonyl (C=O) groups is 1. The van der Waals surface area contributed by atoms with Gasteiger partial charge in [0.15, 0.2) is 5.82 Å². The summed E-state index contributed by atoms with van der Waals surface area (Å²) in [5.74, 6) is 1.01. The smallest absolute Gasteiger partial charge is 0.303 e. The fraction of sp³-hybridized carbons (Fsp3) is 0.560. The van der Waals surface area contributed by atoms with E-state index < -0.39 is 5.97 Å². The third kappa shape index (κ3) is 7.05. The summed E-state index contributed by atoms with van der Waals surface area (Å²) in [6.45, 7) is 7.21. The van der Waals surface area contributed by atoms with Crippen molar-refractivity contribution in [2.45, 2.75) is 70.9 Å². The molecule has 2 heterocycles. The molecule has 2 aromatic rings. The Kier molecular flexibility index (Phi) is 8.92. The molecule has 3 rings (SSSR count). The van der Waals surface area contributed by atoms with E-state index in [1.807, 2.05) is 25.3 Å². The van der Waals surface area contributed by atoms with Gasteiger partial charge in [-0.15, -0.1) is 0 Å². The molecule has 0 bridgehead atoms. The van der Waals surface area contributed by atoms with Crippen molar-refractivity contribution in [1.82, 2.24) is 9.97 Å². The molecule has 0 radical (unpaired) electrons. The van der Waals surface area contributed by atoms with Gasteiger partial charge in [-0.05, 0) is 61.3 Å². The summed E-state index contributed by atoms with van der Waals surface area (Å²) < 4.78 is 5.58. The van der Waals surface area contributed by atoms with Crippen molar-refractivity contribution in [3.8, 4) is 0 Å². The van der Waals surface area contributed by atoms with E-state index in [1.54, 1.807) is 19.4 Å². The Bertz CT molecular complexity index is 914. The second kappa shape index (κ2) is 11.7. The molecule has 1 fully saturated rings. The van der Waals surface area contributed by atoms with Gasteiger partial charge in [-0.25, -0.2) is 9.97 Å². The van der Waals surface area contributed by atoms with Gasteiger partial charge < -0.3 is 20.1 Å². The minimum Gasteiger partial charge on any atom is -0.481 e. The van der Waals surface area contributed by atoms with Crippen LogP contribution in [0, 0.1) is 5.92 Å². The molecule has 0 unspecified atom stereocenters.